The number of nitrogens with one attached hydrogen (secondary N) is 1. The number of hydrogen-bond acceptors (Lipinski definition) is 3. The van der Waals surface area contributed by atoms with Gasteiger partial charge in [0.15, 0.2) is 0 Å². The second-order valence-corrected chi connectivity index (χ2v) is 7.23. The summed E-state index contributed by atoms with van der Waals surface area (Å²) in [5, 5.41) is 2.48. The lowest BCUT2D eigenvalue weighted by Gasteiger charge is -2.22. The summed E-state index contributed by atoms with van der Waals surface area (Å²) in [6.45, 7) is 1.72. The van der Waals surface area contributed by atoms with Crippen molar-refractivity contribution in [2.75, 3.05) is 16.8 Å². The van der Waals surface area contributed by atoms with Crippen molar-refractivity contribution in [3.8, 4) is 0 Å². The van der Waals surface area contributed by atoms with Gasteiger partial charge in [-0.25, -0.2) is 8.78 Å². The van der Waals surface area contributed by atoms with Crippen LogP contribution in [0.2, 0.25) is 0 Å². The molecule has 3 rings (SSSR count). The van der Waals surface area contributed by atoms with E-state index in [1.807, 2.05) is 19.1 Å². The molecule has 1 aliphatic rings. The minimum atomic E-state index is -0.861. The maximum absolute atomic E-state index is 13.7. The van der Waals surface area contributed by atoms with Gasteiger partial charge >= 0.3 is 0 Å². The van der Waals surface area contributed by atoms with Crippen molar-refractivity contribution in [2.24, 2.45) is 0 Å². The fourth-order valence-electron chi connectivity index (χ4n) is 2.63. The molecule has 25 heavy (non-hydrogen) atoms. The molecule has 0 radical (unpaired) electrons. The molecule has 0 aromatic heterocycles. The summed E-state index contributed by atoms with van der Waals surface area (Å²) >= 11 is 1.58. The Bertz CT molecular complexity index is 828. The van der Waals surface area contributed by atoms with Crippen molar-refractivity contribution in [1.82, 2.24) is 0 Å². The number of fused-ring (bicyclic) bond motifs is 1. The van der Waals surface area contributed by atoms with Crippen LogP contribution in [0.5, 0.6) is 0 Å². The number of hydrogen-bond donors (Lipinski definition) is 1. The van der Waals surface area contributed by atoms with Crippen LogP contribution in [0.15, 0.2) is 47.4 Å². The summed E-state index contributed by atoms with van der Waals surface area (Å²) < 4.78 is 26.6. The summed E-state index contributed by atoms with van der Waals surface area (Å²) in [4.78, 5) is 27.1. The van der Waals surface area contributed by atoms with Crippen LogP contribution in [-0.2, 0) is 9.59 Å². The molecule has 2 amide bonds. The van der Waals surface area contributed by atoms with Gasteiger partial charge < -0.3 is 10.2 Å². The average Bonchev–Trinajstić information content (AvgIpc) is 2.66. The molecule has 0 saturated carbocycles. The number of benzene rings is 2. The van der Waals surface area contributed by atoms with Crippen LogP contribution in [0.3, 0.4) is 0 Å². The Hall–Kier alpha value is -2.41. The summed E-state index contributed by atoms with van der Waals surface area (Å²) in [6, 6.07) is 10.3. The number of thioether (sulfide) groups is 1. The van der Waals surface area contributed by atoms with Gasteiger partial charge in [0, 0.05) is 22.6 Å². The number of halogens is 2. The van der Waals surface area contributed by atoms with Crippen molar-refractivity contribution in [3.63, 3.8) is 0 Å². The van der Waals surface area contributed by atoms with Gasteiger partial charge in [-0.1, -0.05) is 19.1 Å². The Morgan fingerprint density at radius 1 is 1.28 bits per heavy atom. The first kappa shape index (κ1) is 17.4. The van der Waals surface area contributed by atoms with Gasteiger partial charge in [-0.3, -0.25) is 9.59 Å². The Kier molecular flexibility index (Phi) is 5.03. The third-order valence-electron chi connectivity index (χ3n) is 3.75. The molecule has 2 aromatic rings. The molecule has 1 aliphatic heterocycles. The predicted molar refractivity (Wildman–Crippen MR) is 93.7 cm³/mol. The highest BCUT2D eigenvalue weighted by Crippen LogP contribution is 2.37. The quantitative estimate of drug-likeness (QED) is 0.903. The van der Waals surface area contributed by atoms with Crippen molar-refractivity contribution >= 4 is 35.0 Å². The first-order valence-electron chi connectivity index (χ1n) is 7.75. The lowest BCUT2D eigenvalue weighted by Crippen LogP contribution is -2.38. The van der Waals surface area contributed by atoms with Crippen molar-refractivity contribution in [3.05, 3.63) is 54.1 Å². The first-order valence-corrected chi connectivity index (χ1v) is 8.63. The van der Waals surface area contributed by atoms with Crippen LogP contribution in [0, 0.1) is 11.6 Å². The maximum atomic E-state index is 13.7. The molecule has 130 valence electrons. The number of carbonyl (C=O) groups is 2. The third-order valence-corrected chi connectivity index (χ3v) is 4.92. The molecule has 0 unspecified atom stereocenters. The molecular formula is C18H16F2N2O2S. The normalized spacial score (nSPS) is 17.0. The highest BCUT2D eigenvalue weighted by molar-refractivity contribution is 8.00. The van der Waals surface area contributed by atoms with Crippen LogP contribution >= 0.6 is 11.8 Å². The van der Waals surface area contributed by atoms with Gasteiger partial charge in [0.05, 0.1) is 11.4 Å². The molecule has 2 aromatic carbocycles. The molecule has 0 bridgehead atoms. The monoisotopic (exact) mass is 362 g/mol. The molecule has 1 atom stereocenters. The zero-order valence-corrected chi connectivity index (χ0v) is 14.3. The maximum Gasteiger partial charge on any atom is 0.244 e. The largest absolute Gasteiger partial charge is 0.322 e. The highest BCUT2D eigenvalue weighted by atomic mass is 32.2. The van der Waals surface area contributed by atoms with Crippen LogP contribution in [-0.4, -0.2) is 23.6 Å². The van der Waals surface area contributed by atoms with Gasteiger partial charge in [0.1, 0.15) is 18.2 Å². The molecule has 0 fully saturated rings. The number of nitrogens with zero attached hydrogens (tertiary/aromatic N) is 1. The second kappa shape index (κ2) is 7.23. The predicted octanol–water partition coefficient (Wildman–Crippen LogP) is 3.82. The molecule has 0 spiro atoms. The SMILES string of the molecule is C[C@@H]1CC(=O)N(CC(=O)Nc2ccc(F)cc2F)c2ccccc2S1. The second-order valence-electron chi connectivity index (χ2n) is 5.75. The van der Waals surface area contributed by atoms with E-state index in [2.05, 4.69) is 5.32 Å². The van der Waals surface area contributed by atoms with Crippen LogP contribution in [0.4, 0.5) is 20.2 Å². The van der Waals surface area contributed by atoms with Gasteiger partial charge in [-0.2, -0.15) is 0 Å². The smallest absolute Gasteiger partial charge is 0.244 e. The summed E-state index contributed by atoms with van der Waals surface area (Å²) in [6.07, 6.45) is 0.303. The van der Waals surface area contributed by atoms with Crippen LogP contribution in [0.1, 0.15) is 13.3 Å². The molecule has 7 heteroatoms. The van der Waals surface area contributed by atoms with E-state index in [1.54, 1.807) is 23.9 Å². The standard InChI is InChI=1S/C18H16F2N2O2S/c1-11-8-18(24)22(15-4-2-3-5-16(15)25-11)10-17(23)21-14-7-6-12(19)9-13(14)20/h2-7,9,11H,8,10H2,1H3,(H,21,23)/t11-/m1/s1. The van der Waals surface area contributed by atoms with Gasteiger partial charge in [-0.15, -0.1) is 11.8 Å². The van der Waals surface area contributed by atoms with Crippen molar-refractivity contribution in [2.45, 2.75) is 23.5 Å². The van der Waals surface area contributed by atoms with E-state index in [-0.39, 0.29) is 23.4 Å². The number of anilines is 2. The van der Waals surface area contributed by atoms with Crippen molar-refractivity contribution in [1.29, 1.82) is 0 Å². The minimum absolute atomic E-state index is 0.0938. The fourth-order valence-corrected chi connectivity index (χ4v) is 3.74. The minimum Gasteiger partial charge on any atom is -0.322 e. The number of para-hydroxylation sites is 1. The number of carbonyl (C=O) groups excluding carboxylic acids is 2. The highest BCUT2D eigenvalue weighted by Gasteiger charge is 2.27. The Balaban J connectivity index is 1.81. The van der Waals surface area contributed by atoms with E-state index in [9.17, 15) is 18.4 Å². The number of rotatable bonds is 3. The summed E-state index contributed by atoms with van der Waals surface area (Å²) in [5.74, 6) is -2.30. The summed E-state index contributed by atoms with van der Waals surface area (Å²) in [7, 11) is 0. The molecule has 1 N–H and O–H groups in total. The van der Waals surface area contributed by atoms with E-state index in [4.69, 9.17) is 0 Å². The Morgan fingerprint density at radius 2 is 2.04 bits per heavy atom. The number of amides is 2. The van der Waals surface area contributed by atoms with E-state index in [1.165, 1.54) is 4.90 Å². The van der Waals surface area contributed by atoms with E-state index in [0.717, 1.165) is 17.0 Å². The van der Waals surface area contributed by atoms with Crippen molar-refractivity contribution < 1.29 is 18.4 Å². The summed E-state index contributed by atoms with van der Waals surface area (Å²) in [5.41, 5.74) is 0.543. The fraction of sp³-hybridized carbons (Fsp3) is 0.222. The average molecular weight is 362 g/mol. The zero-order valence-electron chi connectivity index (χ0n) is 13.5. The topological polar surface area (TPSA) is 49.4 Å². The third kappa shape index (κ3) is 3.99. The van der Waals surface area contributed by atoms with Gasteiger partial charge in [-0.05, 0) is 24.3 Å². The van der Waals surface area contributed by atoms with E-state index < -0.39 is 17.5 Å². The van der Waals surface area contributed by atoms with E-state index in [0.29, 0.717) is 18.2 Å². The Morgan fingerprint density at radius 3 is 2.80 bits per heavy atom. The van der Waals surface area contributed by atoms with Gasteiger partial charge in [0.2, 0.25) is 11.8 Å². The molecule has 0 saturated heterocycles. The lowest BCUT2D eigenvalue weighted by molar-refractivity contribution is -0.121. The van der Waals surface area contributed by atoms with E-state index >= 15 is 0 Å². The Labute approximate surface area is 148 Å². The first-order chi connectivity index (χ1) is 11.9. The van der Waals surface area contributed by atoms with Crippen LogP contribution in [0.25, 0.3) is 0 Å². The molecular weight excluding hydrogens is 346 g/mol. The zero-order chi connectivity index (χ0) is 18.0. The molecule has 0 aliphatic carbocycles. The van der Waals surface area contributed by atoms with Crippen LogP contribution < -0.4 is 10.2 Å². The van der Waals surface area contributed by atoms with Gasteiger partial charge in [0.25, 0.3) is 0 Å². The molecule has 4 nitrogen and oxygen atoms in total. The molecule has 1 heterocycles. The lowest BCUT2D eigenvalue weighted by atomic mass is 10.2.